The molecule has 0 amide bonds. The van der Waals surface area contributed by atoms with Crippen LogP contribution in [0.1, 0.15) is 5.56 Å². The molecule has 2 rings (SSSR count). The van der Waals surface area contributed by atoms with Crippen LogP contribution in [-0.2, 0) is 5.88 Å². The van der Waals surface area contributed by atoms with E-state index >= 15 is 0 Å². The Labute approximate surface area is 92.9 Å². The predicted molar refractivity (Wildman–Crippen MR) is 60.3 cm³/mol. The Morgan fingerprint density at radius 1 is 1.07 bits per heavy atom. The third kappa shape index (κ3) is 1.94. The van der Waals surface area contributed by atoms with Gasteiger partial charge in [-0.1, -0.05) is 11.6 Å². The molecule has 1 heterocycles. The number of aromatic nitrogens is 1. The highest BCUT2D eigenvalue weighted by atomic mass is 35.5. The van der Waals surface area contributed by atoms with E-state index in [9.17, 15) is 0 Å². The summed E-state index contributed by atoms with van der Waals surface area (Å²) < 4.78 is 2.02. The minimum absolute atomic E-state index is 0.542. The van der Waals surface area contributed by atoms with E-state index in [1.165, 1.54) is 0 Å². The van der Waals surface area contributed by atoms with Crippen LogP contribution in [0.15, 0.2) is 42.7 Å². The van der Waals surface area contributed by atoms with Crippen molar-refractivity contribution in [2.24, 2.45) is 0 Å². The zero-order valence-electron chi connectivity index (χ0n) is 7.45. The average Bonchev–Trinajstić information content (AvgIpc) is 2.67. The van der Waals surface area contributed by atoms with Crippen LogP contribution in [0.5, 0.6) is 0 Å². The Bertz CT molecular complexity index is 417. The molecule has 0 aliphatic carbocycles. The molecule has 1 aromatic heterocycles. The van der Waals surface area contributed by atoms with E-state index in [0.29, 0.717) is 5.88 Å². The summed E-state index contributed by atoms with van der Waals surface area (Å²) in [4.78, 5) is 0. The molecule has 0 aliphatic rings. The Balaban J connectivity index is 2.34. The van der Waals surface area contributed by atoms with Crippen LogP contribution < -0.4 is 0 Å². The van der Waals surface area contributed by atoms with Gasteiger partial charge in [-0.25, -0.2) is 0 Å². The lowest BCUT2D eigenvalue weighted by molar-refractivity contribution is 1.07. The normalized spacial score (nSPS) is 10.4. The number of hydrogen-bond acceptors (Lipinski definition) is 0. The van der Waals surface area contributed by atoms with Gasteiger partial charge in [0.05, 0.1) is 0 Å². The fourth-order valence-electron chi connectivity index (χ4n) is 1.29. The molecule has 3 heteroatoms. The Morgan fingerprint density at radius 3 is 2.36 bits per heavy atom. The molecule has 0 fully saturated rings. The molecule has 1 nitrogen and oxygen atoms in total. The third-order valence-electron chi connectivity index (χ3n) is 2.03. The summed E-state index contributed by atoms with van der Waals surface area (Å²) in [5.74, 6) is 0.542. The van der Waals surface area contributed by atoms with Crippen LogP contribution in [0.4, 0.5) is 0 Å². The molecule has 0 spiro atoms. The van der Waals surface area contributed by atoms with Gasteiger partial charge < -0.3 is 4.57 Å². The lowest BCUT2D eigenvalue weighted by Gasteiger charge is -2.01. The number of benzene rings is 1. The predicted octanol–water partition coefficient (Wildman–Crippen LogP) is 3.87. The van der Waals surface area contributed by atoms with Crippen LogP contribution in [0.2, 0.25) is 5.02 Å². The van der Waals surface area contributed by atoms with Crippen molar-refractivity contribution < 1.29 is 0 Å². The van der Waals surface area contributed by atoms with Gasteiger partial charge in [0.15, 0.2) is 0 Å². The first-order valence-corrected chi connectivity index (χ1v) is 5.19. The van der Waals surface area contributed by atoms with Crippen LogP contribution in [0.25, 0.3) is 5.69 Å². The summed E-state index contributed by atoms with van der Waals surface area (Å²) >= 11 is 11.5. The van der Waals surface area contributed by atoms with E-state index in [1.54, 1.807) is 0 Å². The maximum absolute atomic E-state index is 5.80. The SMILES string of the molecule is ClCc1ccn(-c2ccc(Cl)cc2)c1. The molecular formula is C11H9Cl2N. The molecule has 0 aliphatic heterocycles. The summed E-state index contributed by atoms with van der Waals surface area (Å²) in [7, 11) is 0. The van der Waals surface area contributed by atoms with Crippen molar-refractivity contribution in [3.63, 3.8) is 0 Å². The van der Waals surface area contributed by atoms with Crippen molar-refractivity contribution in [1.82, 2.24) is 4.57 Å². The minimum Gasteiger partial charge on any atom is -0.324 e. The van der Waals surface area contributed by atoms with Crippen molar-refractivity contribution in [1.29, 1.82) is 0 Å². The van der Waals surface area contributed by atoms with Crippen LogP contribution in [0.3, 0.4) is 0 Å². The maximum Gasteiger partial charge on any atom is 0.0489 e. The molecule has 1 aromatic carbocycles. The minimum atomic E-state index is 0.542. The van der Waals surface area contributed by atoms with Crippen LogP contribution >= 0.6 is 23.2 Å². The molecule has 0 atom stereocenters. The Morgan fingerprint density at radius 2 is 1.79 bits per heavy atom. The molecule has 0 bridgehead atoms. The van der Waals surface area contributed by atoms with Gasteiger partial charge in [-0.05, 0) is 35.9 Å². The van der Waals surface area contributed by atoms with E-state index in [1.807, 2.05) is 47.3 Å². The first-order chi connectivity index (χ1) is 6.79. The van der Waals surface area contributed by atoms with Gasteiger partial charge in [-0.2, -0.15) is 0 Å². The van der Waals surface area contributed by atoms with Gasteiger partial charge in [0, 0.05) is 29.0 Å². The van der Waals surface area contributed by atoms with Gasteiger partial charge in [0.1, 0.15) is 0 Å². The fraction of sp³-hybridized carbons (Fsp3) is 0.0909. The smallest absolute Gasteiger partial charge is 0.0489 e. The first-order valence-electron chi connectivity index (χ1n) is 4.28. The van der Waals surface area contributed by atoms with Crippen LogP contribution in [-0.4, -0.2) is 4.57 Å². The topological polar surface area (TPSA) is 4.93 Å². The van der Waals surface area contributed by atoms with Gasteiger partial charge in [-0.15, -0.1) is 11.6 Å². The zero-order valence-corrected chi connectivity index (χ0v) is 8.96. The van der Waals surface area contributed by atoms with Gasteiger partial charge >= 0.3 is 0 Å². The second-order valence-corrected chi connectivity index (χ2v) is 3.74. The molecule has 0 radical (unpaired) electrons. The number of hydrogen-bond donors (Lipinski definition) is 0. The van der Waals surface area contributed by atoms with Crippen molar-refractivity contribution in [3.05, 3.63) is 53.3 Å². The Hall–Kier alpha value is -0.920. The van der Waals surface area contributed by atoms with Crippen molar-refractivity contribution in [2.45, 2.75) is 5.88 Å². The number of halogens is 2. The standard InChI is InChI=1S/C11H9Cl2N/c12-7-9-5-6-14(8-9)11-3-1-10(13)2-4-11/h1-6,8H,7H2. The lowest BCUT2D eigenvalue weighted by Crippen LogP contribution is -1.88. The molecule has 0 saturated heterocycles. The summed E-state index contributed by atoms with van der Waals surface area (Å²) in [5.41, 5.74) is 2.20. The van der Waals surface area contributed by atoms with Crippen molar-refractivity contribution >= 4 is 23.2 Å². The molecule has 72 valence electrons. The van der Waals surface area contributed by atoms with Gasteiger partial charge in [-0.3, -0.25) is 0 Å². The van der Waals surface area contributed by atoms with E-state index in [2.05, 4.69) is 0 Å². The highest BCUT2D eigenvalue weighted by molar-refractivity contribution is 6.30. The molecule has 0 saturated carbocycles. The van der Waals surface area contributed by atoms with E-state index < -0.39 is 0 Å². The molecular weight excluding hydrogens is 217 g/mol. The van der Waals surface area contributed by atoms with E-state index in [4.69, 9.17) is 23.2 Å². The second-order valence-electron chi connectivity index (χ2n) is 3.04. The van der Waals surface area contributed by atoms with Gasteiger partial charge in [0.25, 0.3) is 0 Å². The summed E-state index contributed by atoms with van der Waals surface area (Å²) in [5, 5.41) is 0.749. The highest BCUT2D eigenvalue weighted by Gasteiger charge is 1.97. The molecule has 0 N–H and O–H groups in total. The number of alkyl halides is 1. The van der Waals surface area contributed by atoms with Crippen molar-refractivity contribution in [3.8, 4) is 5.69 Å². The maximum atomic E-state index is 5.80. The third-order valence-corrected chi connectivity index (χ3v) is 2.59. The quantitative estimate of drug-likeness (QED) is 0.685. The summed E-state index contributed by atoms with van der Waals surface area (Å²) in [6.07, 6.45) is 4.00. The average molecular weight is 226 g/mol. The second kappa shape index (κ2) is 4.07. The van der Waals surface area contributed by atoms with Gasteiger partial charge in [0.2, 0.25) is 0 Å². The Kier molecular flexibility index (Phi) is 2.80. The molecule has 14 heavy (non-hydrogen) atoms. The van der Waals surface area contributed by atoms with E-state index in [0.717, 1.165) is 16.3 Å². The lowest BCUT2D eigenvalue weighted by atomic mass is 10.3. The summed E-state index contributed by atoms with van der Waals surface area (Å²) in [6.45, 7) is 0. The zero-order chi connectivity index (χ0) is 9.97. The fourth-order valence-corrected chi connectivity index (χ4v) is 1.58. The largest absolute Gasteiger partial charge is 0.324 e. The summed E-state index contributed by atoms with van der Waals surface area (Å²) in [6, 6.07) is 9.69. The van der Waals surface area contributed by atoms with Crippen molar-refractivity contribution in [2.75, 3.05) is 0 Å². The highest BCUT2D eigenvalue weighted by Crippen LogP contribution is 2.15. The molecule has 0 unspecified atom stereocenters. The first kappa shape index (κ1) is 9.63. The number of rotatable bonds is 2. The number of nitrogens with zero attached hydrogens (tertiary/aromatic N) is 1. The molecule has 2 aromatic rings. The van der Waals surface area contributed by atoms with E-state index in [-0.39, 0.29) is 0 Å². The monoisotopic (exact) mass is 225 g/mol. The van der Waals surface area contributed by atoms with Crippen LogP contribution in [0, 0.1) is 0 Å².